The average Bonchev–Trinajstić information content (AvgIpc) is 2.86. The van der Waals surface area contributed by atoms with E-state index >= 15 is 0 Å². The molecule has 2 aliphatic rings. The van der Waals surface area contributed by atoms with Crippen molar-refractivity contribution in [2.45, 2.75) is 31.7 Å². The lowest BCUT2D eigenvalue weighted by Crippen LogP contribution is -2.37. The lowest BCUT2D eigenvalue weighted by Gasteiger charge is -2.29. The van der Waals surface area contributed by atoms with Gasteiger partial charge in [-0.05, 0) is 32.0 Å². The van der Waals surface area contributed by atoms with E-state index in [-0.39, 0.29) is 17.8 Å². The summed E-state index contributed by atoms with van der Waals surface area (Å²) in [5, 5.41) is 0. The molecule has 0 amide bonds. The molecule has 0 unspecified atom stereocenters. The molecule has 74 valence electrons. The predicted octanol–water partition coefficient (Wildman–Crippen LogP) is 3.06. The molecule has 1 aromatic carbocycles. The number of hydrogen-bond donors (Lipinski definition) is 0. The van der Waals surface area contributed by atoms with E-state index in [1.54, 1.807) is 0 Å². The third-order valence-electron chi connectivity index (χ3n) is 2.83. The van der Waals surface area contributed by atoms with Crippen LogP contribution >= 0.6 is 15.9 Å². The zero-order valence-corrected chi connectivity index (χ0v) is 9.67. The second-order valence-corrected chi connectivity index (χ2v) is 5.28. The van der Waals surface area contributed by atoms with Gasteiger partial charge in [0.2, 0.25) is 0 Å². The van der Waals surface area contributed by atoms with Crippen molar-refractivity contribution in [3.8, 4) is 5.75 Å². The fraction of sp³-hybridized carbons (Fsp3) is 0.455. The number of hydrogen-bond acceptors (Lipinski definition) is 2. The van der Waals surface area contributed by atoms with Crippen LogP contribution in [0.5, 0.6) is 5.75 Å². The summed E-state index contributed by atoms with van der Waals surface area (Å²) in [7, 11) is 0. The smallest absolute Gasteiger partial charge is 0.132 e. The standard InChI is InChI=1S/C11H11BrO2/c1-11(2)10-9(13-10)7-5-6(12)3-4-8(7)14-11/h3-5,9-10H,1-2H3/t9-,10-/m1/s1. The Balaban J connectivity index is 2.11. The Morgan fingerprint density at radius 1 is 1.36 bits per heavy atom. The molecule has 1 saturated heterocycles. The lowest BCUT2D eigenvalue weighted by molar-refractivity contribution is 0.0725. The Morgan fingerprint density at radius 3 is 2.93 bits per heavy atom. The van der Waals surface area contributed by atoms with Crippen LogP contribution in [-0.2, 0) is 4.74 Å². The van der Waals surface area contributed by atoms with Crippen molar-refractivity contribution >= 4 is 15.9 Å². The number of ether oxygens (including phenoxy) is 2. The number of fused-ring (bicyclic) bond motifs is 3. The highest BCUT2D eigenvalue weighted by Gasteiger charge is 2.56. The minimum Gasteiger partial charge on any atom is -0.485 e. The fourth-order valence-corrected chi connectivity index (χ4v) is 2.43. The highest BCUT2D eigenvalue weighted by atomic mass is 79.9. The van der Waals surface area contributed by atoms with E-state index in [1.165, 1.54) is 5.56 Å². The van der Waals surface area contributed by atoms with Gasteiger partial charge in [-0.15, -0.1) is 0 Å². The molecule has 3 rings (SSSR count). The highest BCUT2D eigenvalue weighted by Crippen LogP contribution is 2.53. The summed E-state index contributed by atoms with van der Waals surface area (Å²) >= 11 is 3.45. The van der Waals surface area contributed by atoms with Gasteiger partial charge in [0.25, 0.3) is 0 Å². The van der Waals surface area contributed by atoms with Crippen LogP contribution in [-0.4, -0.2) is 11.7 Å². The van der Waals surface area contributed by atoms with E-state index in [1.807, 2.05) is 12.1 Å². The second kappa shape index (κ2) is 2.52. The molecule has 0 aliphatic carbocycles. The fourth-order valence-electron chi connectivity index (χ4n) is 2.05. The van der Waals surface area contributed by atoms with Crippen molar-refractivity contribution in [1.29, 1.82) is 0 Å². The summed E-state index contributed by atoms with van der Waals surface area (Å²) in [6, 6.07) is 6.08. The van der Waals surface area contributed by atoms with Gasteiger partial charge in [-0.2, -0.15) is 0 Å². The Morgan fingerprint density at radius 2 is 2.14 bits per heavy atom. The molecule has 1 fully saturated rings. The van der Waals surface area contributed by atoms with Gasteiger partial charge in [0.05, 0.1) is 0 Å². The normalized spacial score (nSPS) is 31.4. The van der Waals surface area contributed by atoms with Crippen LogP contribution in [0, 0.1) is 0 Å². The minimum absolute atomic E-state index is 0.189. The predicted molar refractivity (Wildman–Crippen MR) is 56.5 cm³/mol. The second-order valence-electron chi connectivity index (χ2n) is 4.36. The zero-order chi connectivity index (χ0) is 9.92. The Hall–Kier alpha value is -0.540. The maximum absolute atomic E-state index is 5.88. The van der Waals surface area contributed by atoms with Gasteiger partial charge in [0, 0.05) is 10.0 Å². The largest absolute Gasteiger partial charge is 0.485 e. The van der Waals surface area contributed by atoms with Crippen molar-refractivity contribution < 1.29 is 9.47 Å². The molecule has 2 aliphatic heterocycles. The Kier molecular flexibility index (Phi) is 1.58. The maximum Gasteiger partial charge on any atom is 0.132 e. The number of halogens is 1. The summed E-state index contributed by atoms with van der Waals surface area (Å²) in [5.74, 6) is 0.956. The van der Waals surface area contributed by atoms with Gasteiger partial charge < -0.3 is 9.47 Å². The van der Waals surface area contributed by atoms with Crippen LogP contribution in [0.1, 0.15) is 25.5 Å². The molecule has 3 heteroatoms. The maximum atomic E-state index is 5.88. The SMILES string of the molecule is CC1(C)Oc2ccc(Br)cc2[C@H]2O[C@H]21. The van der Waals surface area contributed by atoms with Crippen LogP contribution in [0.25, 0.3) is 0 Å². The third-order valence-corrected chi connectivity index (χ3v) is 3.32. The highest BCUT2D eigenvalue weighted by molar-refractivity contribution is 9.10. The molecule has 0 N–H and O–H groups in total. The van der Waals surface area contributed by atoms with E-state index < -0.39 is 0 Å². The summed E-state index contributed by atoms with van der Waals surface area (Å²) < 4.78 is 12.6. The number of benzene rings is 1. The number of epoxide rings is 1. The quantitative estimate of drug-likeness (QED) is 0.664. The van der Waals surface area contributed by atoms with Crippen molar-refractivity contribution in [2.24, 2.45) is 0 Å². The molecule has 2 nitrogen and oxygen atoms in total. The lowest BCUT2D eigenvalue weighted by atomic mass is 9.94. The summed E-state index contributed by atoms with van der Waals surface area (Å²) in [4.78, 5) is 0. The van der Waals surface area contributed by atoms with Crippen molar-refractivity contribution in [3.05, 3.63) is 28.2 Å². The first-order valence-corrected chi connectivity index (χ1v) is 5.51. The summed E-state index contributed by atoms with van der Waals surface area (Å²) in [6.45, 7) is 4.14. The molecule has 2 heterocycles. The molecule has 0 aromatic heterocycles. The Bertz CT molecular complexity index is 400. The van der Waals surface area contributed by atoms with Gasteiger partial charge in [-0.3, -0.25) is 0 Å². The molecule has 0 saturated carbocycles. The molecule has 0 radical (unpaired) electrons. The van der Waals surface area contributed by atoms with Gasteiger partial charge in [-0.1, -0.05) is 15.9 Å². The van der Waals surface area contributed by atoms with E-state index in [2.05, 4.69) is 35.8 Å². The van der Waals surface area contributed by atoms with Crippen LogP contribution in [0.3, 0.4) is 0 Å². The molecule has 14 heavy (non-hydrogen) atoms. The molecule has 0 bridgehead atoms. The van der Waals surface area contributed by atoms with Crippen LogP contribution < -0.4 is 4.74 Å². The summed E-state index contributed by atoms with van der Waals surface area (Å²) in [6.07, 6.45) is 0.468. The monoisotopic (exact) mass is 254 g/mol. The van der Waals surface area contributed by atoms with Crippen LogP contribution in [0.2, 0.25) is 0 Å². The van der Waals surface area contributed by atoms with Gasteiger partial charge in [0.15, 0.2) is 0 Å². The Labute approximate surface area is 91.3 Å². The molecule has 2 atom stereocenters. The van der Waals surface area contributed by atoms with E-state index in [0.717, 1.165) is 10.2 Å². The van der Waals surface area contributed by atoms with Crippen LogP contribution in [0.4, 0.5) is 0 Å². The van der Waals surface area contributed by atoms with E-state index in [0.29, 0.717) is 0 Å². The van der Waals surface area contributed by atoms with E-state index in [4.69, 9.17) is 9.47 Å². The van der Waals surface area contributed by atoms with Gasteiger partial charge >= 0.3 is 0 Å². The zero-order valence-electron chi connectivity index (χ0n) is 8.08. The third kappa shape index (κ3) is 1.12. The van der Waals surface area contributed by atoms with Crippen molar-refractivity contribution in [1.82, 2.24) is 0 Å². The molecule has 0 spiro atoms. The first kappa shape index (κ1) is 8.74. The topological polar surface area (TPSA) is 21.8 Å². The minimum atomic E-state index is -0.189. The number of rotatable bonds is 0. The van der Waals surface area contributed by atoms with Gasteiger partial charge in [0.1, 0.15) is 23.6 Å². The summed E-state index contributed by atoms with van der Waals surface area (Å²) in [5.41, 5.74) is 0.981. The average molecular weight is 255 g/mol. The molecule has 1 aromatic rings. The first-order valence-electron chi connectivity index (χ1n) is 4.72. The van der Waals surface area contributed by atoms with Crippen molar-refractivity contribution in [3.63, 3.8) is 0 Å². The van der Waals surface area contributed by atoms with Gasteiger partial charge in [-0.25, -0.2) is 0 Å². The van der Waals surface area contributed by atoms with Crippen LogP contribution in [0.15, 0.2) is 22.7 Å². The van der Waals surface area contributed by atoms with Crippen molar-refractivity contribution in [2.75, 3.05) is 0 Å². The first-order chi connectivity index (χ1) is 6.58. The molecular weight excluding hydrogens is 244 g/mol. The van der Waals surface area contributed by atoms with E-state index in [9.17, 15) is 0 Å². The molecular formula is C11H11BrO2.